The minimum absolute atomic E-state index is 0.0773. The predicted molar refractivity (Wildman–Crippen MR) is 141 cm³/mol. The minimum Gasteiger partial charge on any atom is -0.376 e. The van der Waals surface area contributed by atoms with Crippen molar-refractivity contribution in [2.45, 2.75) is 58.2 Å². The van der Waals surface area contributed by atoms with Crippen LogP contribution in [0.1, 0.15) is 59.2 Å². The van der Waals surface area contributed by atoms with Gasteiger partial charge in [-0.15, -0.1) is 0 Å². The summed E-state index contributed by atoms with van der Waals surface area (Å²) in [4.78, 5) is 42.0. The largest absolute Gasteiger partial charge is 0.376 e. The van der Waals surface area contributed by atoms with E-state index in [0.29, 0.717) is 31.5 Å². The third-order valence-corrected chi connectivity index (χ3v) is 7.54. The zero-order valence-electron chi connectivity index (χ0n) is 20.9. The van der Waals surface area contributed by atoms with Gasteiger partial charge in [-0.1, -0.05) is 30.4 Å². The van der Waals surface area contributed by atoms with Crippen molar-refractivity contribution in [1.29, 1.82) is 0 Å². The summed E-state index contributed by atoms with van der Waals surface area (Å²) in [6, 6.07) is 11.5. The zero-order valence-corrected chi connectivity index (χ0v) is 20.9. The maximum absolute atomic E-state index is 12.9. The predicted octanol–water partition coefficient (Wildman–Crippen LogP) is 3.96. The molecule has 1 saturated carbocycles. The summed E-state index contributed by atoms with van der Waals surface area (Å²) < 4.78 is 0. The standard InChI is InChI=1S/C29H34N4O3/c1-19-5-10-25(27(34)13-19)33-18-22-14-21(7-9-24(22)29(33)36)16-31-28(35)17-30-23-8-6-20(2)26(15-23)32-11-3-4-12-32/h6-9,14-15,25,30H,1,3-5,10-13,16-18H2,2H3,(H,31,35). The van der Waals surface area contributed by atoms with Gasteiger partial charge in [-0.25, -0.2) is 0 Å². The number of allylic oxidation sites excluding steroid dienone is 1. The number of hydrogen-bond donors (Lipinski definition) is 2. The Morgan fingerprint density at radius 2 is 1.92 bits per heavy atom. The summed E-state index contributed by atoms with van der Waals surface area (Å²) in [6.45, 7) is 9.22. The number of aryl methyl sites for hydroxylation is 1. The molecule has 2 aliphatic heterocycles. The van der Waals surface area contributed by atoms with Gasteiger partial charge in [-0.05, 0) is 67.5 Å². The summed E-state index contributed by atoms with van der Waals surface area (Å²) in [6.07, 6.45) is 4.24. The fraction of sp³-hybridized carbons (Fsp3) is 0.414. The van der Waals surface area contributed by atoms with Crippen LogP contribution in [0.5, 0.6) is 0 Å². The lowest BCUT2D eigenvalue weighted by Crippen LogP contribution is -2.43. The molecule has 0 spiro atoms. The van der Waals surface area contributed by atoms with Crippen LogP contribution >= 0.6 is 0 Å². The number of amides is 2. The van der Waals surface area contributed by atoms with Crippen molar-refractivity contribution in [3.05, 3.63) is 70.8 Å². The highest BCUT2D eigenvalue weighted by Crippen LogP contribution is 2.31. The van der Waals surface area contributed by atoms with Crippen molar-refractivity contribution in [1.82, 2.24) is 10.2 Å². The van der Waals surface area contributed by atoms with Crippen LogP contribution in [0.2, 0.25) is 0 Å². The van der Waals surface area contributed by atoms with Crippen molar-refractivity contribution in [2.75, 3.05) is 29.9 Å². The molecule has 1 atom stereocenters. The number of rotatable bonds is 7. The van der Waals surface area contributed by atoms with Crippen molar-refractivity contribution < 1.29 is 14.4 Å². The fourth-order valence-electron chi connectivity index (χ4n) is 5.51. The zero-order chi connectivity index (χ0) is 25.2. The lowest BCUT2D eigenvalue weighted by molar-refractivity contribution is -0.124. The van der Waals surface area contributed by atoms with Crippen LogP contribution in [0, 0.1) is 6.92 Å². The van der Waals surface area contributed by atoms with Crippen molar-refractivity contribution >= 4 is 29.0 Å². The number of nitrogens with one attached hydrogen (secondary N) is 2. The highest BCUT2D eigenvalue weighted by Gasteiger charge is 2.37. The Morgan fingerprint density at radius 1 is 1.11 bits per heavy atom. The van der Waals surface area contributed by atoms with E-state index in [2.05, 4.69) is 41.2 Å². The van der Waals surface area contributed by atoms with Gasteiger partial charge < -0.3 is 20.4 Å². The molecule has 2 heterocycles. The molecule has 2 N–H and O–H groups in total. The Hall–Kier alpha value is -3.61. The van der Waals surface area contributed by atoms with Crippen molar-refractivity contribution in [3.63, 3.8) is 0 Å². The van der Waals surface area contributed by atoms with E-state index in [9.17, 15) is 14.4 Å². The second kappa shape index (κ2) is 10.2. The summed E-state index contributed by atoms with van der Waals surface area (Å²) >= 11 is 0. The average molecular weight is 487 g/mol. The molecule has 1 aliphatic carbocycles. The Kier molecular flexibility index (Phi) is 6.81. The number of carbonyl (C=O) groups excluding carboxylic acids is 3. The summed E-state index contributed by atoms with van der Waals surface area (Å²) in [5, 5.41) is 6.21. The molecular formula is C29H34N4O3. The molecule has 2 amide bonds. The van der Waals surface area contributed by atoms with Gasteiger partial charge in [-0.3, -0.25) is 14.4 Å². The van der Waals surface area contributed by atoms with E-state index in [1.165, 1.54) is 24.1 Å². The maximum atomic E-state index is 12.9. The first-order chi connectivity index (χ1) is 17.4. The smallest absolute Gasteiger partial charge is 0.255 e. The van der Waals surface area contributed by atoms with E-state index < -0.39 is 0 Å². The van der Waals surface area contributed by atoms with Crippen molar-refractivity contribution in [3.8, 4) is 0 Å². The normalized spacial score (nSPS) is 19.6. The molecule has 2 fully saturated rings. The Balaban J connectivity index is 1.15. The second-order valence-corrected chi connectivity index (χ2v) is 10.2. The number of anilines is 2. The van der Waals surface area contributed by atoms with Crippen LogP contribution in [-0.2, 0) is 22.7 Å². The molecular weight excluding hydrogens is 452 g/mol. The SMILES string of the molecule is C=C1CCC(N2Cc3cc(CNC(=O)CNc4ccc(C)c(N5CCCC5)c4)ccc3C2=O)C(=O)C1. The molecule has 1 saturated heterocycles. The molecule has 0 aromatic heterocycles. The third kappa shape index (κ3) is 5.01. The topological polar surface area (TPSA) is 81.8 Å². The van der Waals surface area contributed by atoms with E-state index in [1.807, 2.05) is 24.3 Å². The molecule has 1 unspecified atom stereocenters. The number of benzene rings is 2. The summed E-state index contributed by atoms with van der Waals surface area (Å²) in [5.41, 5.74) is 6.87. The molecule has 2 aromatic rings. The number of nitrogens with zero attached hydrogens (tertiary/aromatic N) is 2. The van der Waals surface area contributed by atoms with Gasteiger partial charge in [0.05, 0.1) is 12.6 Å². The molecule has 7 heteroatoms. The fourth-order valence-corrected chi connectivity index (χ4v) is 5.51. The van der Waals surface area contributed by atoms with Gasteiger partial charge in [-0.2, -0.15) is 0 Å². The Morgan fingerprint density at radius 3 is 2.69 bits per heavy atom. The van der Waals surface area contributed by atoms with Gasteiger partial charge in [0.2, 0.25) is 5.91 Å². The third-order valence-electron chi connectivity index (χ3n) is 7.54. The molecule has 0 radical (unpaired) electrons. The Bertz CT molecular complexity index is 1210. The number of fused-ring (bicyclic) bond motifs is 1. The maximum Gasteiger partial charge on any atom is 0.255 e. The van der Waals surface area contributed by atoms with E-state index in [-0.39, 0.29) is 30.2 Å². The van der Waals surface area contributed by atoms with E-state index in [4.69, 9.17) is 0 Å². The molecule has 0 bridgehead atoms. The molecule has 3 aliphatic rings. The number of Topliss-reactive ketones (excluding diaryl/α,β-unsaturated/α-hetero) is 1. The monoisotopic (exact) mass is 486 g/mol. The van der Waals surface area contributed by atoms with Crippen LogP contribution in [-0.4, -0.2) is 48.2 Å². The van der Waals surface area contributed by atoms with Crippen LogP contribution in [0.25, 0.3) is 0 Å². The highest BCUT2D eigenvalue weighted by molar-refractivity contribution is 6.02. The average Bonchev–Trinajstić information content (AvgIpc) is 3.51. The van der Waals surface area contributed by atoms with Gasteiger partial charge in [0, 0.05) is 49.5 Å². The molecule has 188 valence electrons. The molecule has 36 heavy (non-hydrogen) atoms. The summed E-state index contributed by atoms with van der Waals surface area (Å²) in [5.74, 6) is -0.0971. The first-order valence-electron chi connectivity index (χ1n) is 12.9. The van der Waals surface area contributed by atoms with Gasteiger partial charge in [0.25, 0.3) is 5.91 Å². The first kappa shape index (κ1) is 24.1. The van der Waals surface area contributed by atoms with Gasteiger partial charge in [0.1, 0.15) is 0 Å². The lowest BCUT2D eigenvalue weighted by Gasteiger charge is -2.30. The van der Waals surface area contributed by atoms with Gasteiger partial charge in [0.15, 0.2) is 5.78 Å². The number of ketones is 1. The van der Waals surface area contributed by atoms with E-state index in [0.717, 1.165) is 41.9 Å². The van der Waals surface area contributed by atoms with Crippen molar-refractivity contribution in [2.24, 2.45) is 0 Å². The highest BCUT2D eigenvalue weighted by atomic mass is 16.2. The first-order valence-corrected chi connectivity index (χ1v) is 12.9. The molecule has 2 aromatic carbocycles. The molecule has 5 rings (SSSR count). The lowest BCUT2D eigenvalue weighted by atomic mass is 9.90. The number of hydrogen-bond acceptors (Lipinski definition) is 5. The van der Waals surface area contributed by atoms with E-state index >= 15 is 0 Å². The molecule has 7 nitrogen and oxygen atoms in total. The van der Waals surface area contributed by atoms with Crippen LogP contribution in [0.15, 0.2) is 48.6 Å². The quantitative estimate of drug-likeness (QED) is 0.579. The van der Waals surface area contributed by atoms with Crippen LogP contribution in [0.4, 0.5) is 11.4 Å². The summed E-state index contributed by atoms with van der Waals surface area (Å²) in [7, 11) is 0. The van der Waals surface area contributed by atoms with Gasteiger partial charge >= 0.3 is 0 Å². The van der Waals surface area contributed by atoms with Crippen LogP contribution in [0.3, 0.4) is 0 Å². The second-order valence-electron chi connectivity index (χ2n) is 10.2. The Labute approximate surface area is 212 Å². The minimum atomic E-state index is -0.364. The van der Waals surface area contributed by atoms with E-state index in [1.54, 1.807) is 4.90 Å². The van der Waals surface area contributed by atoms with Crippen LogP contribution < -0.4 is 15.5 Å². The number of carbonyl (C=O) groups is 3.